The van der Waals surface area contributed by atoms with Gasteiger partial charge < -0.3 is 21.9 Å². The fourth-order valence-electron chi connectivity index (χ4n) is 8.19. The maximum absolute atomic E-state index is 9.06. The summed E-state index contributed by atoms with van der Waals surface area (Å²) in [5.74, 6) is 5.63. The minimum Gasteiger partial charge on any atom is -0.411 e. The van der Waals surface area contributed by atoms with Gasteiger partial charge in [0.25, 0.3) is 0 Å². The minimum atomic E-state index is 0.306. The highest BCUT2D eigenvalue weighted by Gasteiger charge is 2.47. The van der Waals surface area contributed by atoms with E-state index in [1.165, 1.54) is 38.5 Å². The van der Waals surface area contributed by atoms with Crippen molar-refractivity contribution in [1.82, 2.24) is 0 Å². The van der Waals surface area contributed by atoms with E-state index in [9.17, 15) is 0 Å². The first-order valence-corrected chi connectivity index (χ1v) is 11.5. The second kappa shape index (κ2) is 7.28. The van der Waals surface area contributed by atoms with E-state index in [4.69, 9.17) is 21.9 Å². The summed E-state index contributed by atoms with van der Waals surface area (Å²) in [6.07, 6.45) is 12.8. The fraction of sp³-hybridized carbons (Fsp3) is 0.909. The molecule has 4 unspecified atom stereocenters. The quantitative estimate of drug-likeness (QED) is 0.376. The van der Waals surface area contributed by atoms with Crippen LogP contribution in [0.1, 0.15) is 64.2 Å². The molecule has 8 rings (SSSR count). The molecule has 0 amide bonds. The lowest BCUT2D eigenvalue weighted by atomic mass is 9.67. The van der Waals surface area contributed by atoms with E-state index in [1.54, 1.807) is 0 Å². The van der Waals surface area contributed by atoms with E-state index in [1.807, 2.05) is 0 Å². The number of fused-ring (bicyclic) bond motifs is 2. The highest BCUT2D eigenvalue weighted by atomic mass is 16.4. The van der Waals surface area contributed by atoms with Gasteiger partial charge in [-0.15, -0.1) is 0 Å². The van der Waals surface area contributed by atoms with Crippen molar-refractivity contribution in [2.75, 3.05) is 0 Å². The Kier molecular flexibility index (Phi) is 4.90. The predicted octanol–water partition coefficient (Wildman–Crippen LogP) is 3.20. The molecule has 0 aromatic carbocycles. The highest BCUT2D eigenvalue weighted by Crippen LogP contribution is 2.51. The number of nitrogens with zero attached hydrogens (tertiary/aromatic N) is 2. The number of rotatable bonds is 0. The normalized spacial score (nSPS) is 53.8. The van der Waals surface area contributed by atoms with Gasteiger partial charge in [-0.2, -0.15) is 0 Å². The van der Waals surface area contributed by atoms with Gasteiger partial charge in [0.15, 0.2) is 0 Å². The van der Waals surface area contributed by atoms with E-state index in [-0.39, 0.29) is 0 Å². The summed E-state index contributed by atoms with van der Waals surface area (Å²) in [6, 6.07) is 0.612. The topological polar surface area (TPSA) is 117 Å². The Balaban J connectivity index is 0.000000123. The molecular formula is C22H36N4O2. The second-order valence-corrected chi connectivity index (χ2v) is 10.9. The van der Waals surface area contributed by atoms with Gasteiger partial charge in [0.2, 0.25) is 0 Å². The Hall–Kier alpha value is -1.14. The molecule has 0 aromatic heterocycles. The lowest BCUT2D eigenvalue weighted by molar-refractivity contribution is 0.130. The molecule has 6 N–H and O–H groups in total. The SMILES string of the molecule is NC1C2CC3CC(C2)CC(C3)C1N.ON=C1/C(=N/O)C2CC3CC(CC1C3)C2. The van der Waals surface area contributed by atoms with Crippen LogP contribution in [0.15, 0.2) is 10.3 Å². The van der Waals surface area contributed by atoms with Crippen molar-refractivity contribution in [3.05, 3.63) is 0 Å². The van der Waals surface area contributed by atoms with Crippen LogP contribution in [0, 0.1) is 47.3 Å². The van der Waals surface area contributed by atoms with Gasteiger partial charge in [-0.05, 0) is 99.7 Å². The van der Waals surface area contributed by atoms with Crippen LogP contribution < -0.4 is 11.5 Å². The van der Waals surface area contributed by atoms with Gasteiger partial charge in [-0.1, -0.05) is 10.3 Å². The molecule has 6 heteroatoms. The number of oxime groups is 2. The zero-order valence-electron chi connectivity index (χ0n) is 16.8. The van der Waals surface area contributed by atoms with Crippen molar-refractivity contribution in [3.63, 3.8) is 0 Å². The molecule has 4 atom stereocenters. The molecule has 8 fully saturated rings. The molecule has 0 heterocycles. The first kappa shape index (κ1) is 18.9. The monoisotopic (exact) mass is 388 g/mol. The van der Waals surface area contributed by atoms with Crippen LogP contribution in [-0.4, -0.2) is 33.9 Å². The second-order valence-electron chi connectivity index (χ2n) is 10.9. The Morgan fingerprint density at radius 2 is 0.857 bits per heavy atom. The number of nitrogens with two attached hydrogens (primary N) is 2. The maximum Gasteiger partial charge on any atom is 0.108 e. The van der Waals surface area contributed by atoms with Crippen LogP contribution in [-0.2, 0) is 0 Å². The van der Waals surface area contributed by atoms with Crippen LogP contribution in [0.5, 0.6) is 0 Å². The molecule has 8 aliphatic carbocycles. The lowest BCUT2D eigenvalue weighted by Crippen LogP contribution is -2.47. The fourth-order valence-corrected chi connectivity index (χ4v) is 8.19. The number of hydrogen-bond acceptors (Lipinski definition) is 6. The molecule has 8 bridgehead atoms. The number of hydrogen-bond donors (Lipinski definition) is 4. The lowest BCUT2D eigenvalue weighted by Gasteiger charge is -2.38. The van der Waals surface area contributed by atoms with E-state index in [0.29, 0.717) is 35.3 Å². The zero-order valence-corrected chi connectivity index (χ0v) is 16.8. The van der Waals surface area contributed by atoms with Crippen molar-refractivity contribution in [2.24, 2.45) is 69.1 Å². The molecule has 28 heavy (non-hydrogen) atoms. The van der Waals surface area contributed by atoms with Gasteiger partial charge >= 0.3 is 0 Å². The van der Waals surface area contributed by atoms with Crippen LogP contribution in [0.3, 0.4) is 0 Å². The first-order valence-electron chi connectivity index (χ1n) is 11.5. The van der Waals surface area contributed by atoms with Crippen molar-refractivity contribution < 1.29 is 10.4 Å². The van der Waals surface area contributed by atoms with Crippen molar-refractivity contribution in [1.29, 1.82) is 0 Å². The zero-order chi connectivity index (χ0) is 19.4. The smallest absolute Gasteiger partial charge is 0.108 e. The largest absolute Gasteiger partial charge is 0.411 e. The van der Waals surface area contributed by atoms with E-state index in [0.717, 1.165) is 61.2 Å². The Morgan fingerprint density at radius 1 is 0.536 bits per heavy atom. The molecule has 8 aliphatic rings. The van der Waals surface area contributed by atoms with Crippen molar-refractivity contribution >= 4 is 11.4 Å². The van der Waals surface area contributed by atoms with Crippen LogP contribution in [0.4, 0.5) is 0 Å². The maximum atomic E-state index is 9.06. The molecule has 8 saturated carbocycles. The average Bonchev–Trinajstić information content (AvgIpc) is 2.92. The summed E-state index contributed by atoms with van der Waals surface area (Å²) in [6.45, 7) is 0. The van der Waals surface area contributed by atoms with E-state index < -0.39 is 0 Å². The van der Waals surface area contributed by atoms with Crippen molar-refractivity contribution in [2.45, 2.75) is 76.3 Å². The molecule has 156 valence electrons. The molecule has 0 spiro atoms. The molecule has 0 aromatic rings. The summed E-state index contributed by atoms with van der Waals surface area (Å²) in [5.41, 5.74) is 13.8. The Labute approximate surface area is 167 Å². The average molecular weight is 389 g/mol. The third-order valence-electron chi connectivity index (χ3n) is 9.13. The summed E-state index contributed by atoms with van der Waals surface area (Å²) in [7, 11) is 0. The van der Waals surface area contributed by atoms with Crippen LogP contribution in [0.2, 0.25) is 0 Å². The predicted molar refractivity (Wildman–Crippen MR) is 108 cm³/mol. The van der Waals surface area contributed by atoms with Gasteiger partial charge in [-0.25, -0.2) is 0 Å². The van der Waals surface area contributed by atoms with Gasteiger partial charge in [-0.3, -0.25) is 0 Å². The van der Waals surface area contributed by atoms with Gasteiger partial charge in [0.1, 0.15) is 11.4 Å². The molecule has 0 radical (unpaired) electrons. The minimum absolute atomic E-state index is 0.306. The summed E-state index contributed by atoms with van der Waals surface area (Å²) < 4.78 is 0. The summed E-state index contributed by atoms with van der Waals surface area (Å²) in [5, 5.41) is 24.9. The molecule has 0 aliphatic heterocycles. The summed E-state index contributed by atoms with van der Waals surface area (Å²) in [4.78, 5) is 0. The molecule has 0 saturated heterocycles. The molecule has 6 nitrogen and oxygen atoms in total. The van der Waals surface area contributed by atoms with Gasteiger partial charge in [0, 0.05) is 23.9 Å². The van der Waals surface area contributed by atoms with E-state index >= 15 is 0 Å². The summed E-state index contributed by atoms with van der Waals surface area (Å²) >= 11 is 0. The first-order chi connectivity index (χ1) is 13.6. The Bertz CT molecular complexity index is 587. The van der Waals surface area contributed by atoms with Crippen LogP contribution >= 0.6 is 0 Å². The van der Waals surface area contributed by atoms with Crippen LogP contribution in [0.25, 0.3) is 0 Å². The molecular weight excluding hydrogens is 352 g/mol. The standard InChI is InChI=1S/C11H16N2O2.C11H20N2/c14-12-10-8-2-6-1-7(4-8)5-9(3-6)11(10)13-15;12-10-8-2-6-1-7(4-8)5-9(3-6)11(10)13/h6-9,14-15H,1-5H2;6-11H,1-5,12-13H2/b12-10+,13-11?;. The van der Waals surface area contributed by atoms with E-state index in [2.05, 4.69) is 10.3 Å². The third-order valence-corrected chi connectivity index (χ3v) is 9.13. The van der Waals surface area contributed by atoms with Crippen molar-refractivity contribution in [3.8, 4) is 0 Å². The third kappa shape index (κ3) is 3.17. The highest BCUT2D eigenvalue weighted by molar-refractivity contribution is 6.43. The van der Waals surface area contributed by atoms with Gasteiger partial charge in [0.05, 0.1) is 0 Å². The Morgan fingerprint density at radius 3 is 1.18 bits per heavy atom.